The number of aromatic nitrogens is 4. The average Bonchev–Trinajstić information content (AvgIpc) is 3.55. The van der Waals surface area contributed by atoms with Crippen LogP contribution in [0.25, 0.3) is 0 Å². The van der Waals surface area contributed by atoms with Gasteiger partial charge >= 0.3 is 0 Å². The van der Waals surface area contributed by atoms with Crippen molar-refractivity contribution in [1.29, 1.82) is 0 Å². The van der Waals surface area contributed by atoms with E-state index in [9.17, 15) is 4.79 Å². The van der Waals surface area contributed by atoms with Crippen molar-refractivity contribution in [3.05, 3.63) is 107 Å². The lowest BCUT2D eigenvalue weighted by Crippen LogP contribution is -2.41. The van der Waals surface area contributed by atoms with Crippen molar-refractivity contribution >= 4 is 35.1 Å². The Morgan fingerprint density at radius 1 is 1.00 bits per heavy atom. The number of halogens is 1. The Morgan fingerprint density at radius 3 is 2.38 bits per heavy atom. The van der Waals surface area contributed by atoms with E-state index in [2.05, 4.69) is 43.1 Å². The number of hydrogen-bond donors (Lipinski definition) is 2. The molecule has 2 heterocycles. The quantitative estimate of drug-likeness (QED) is 0.348. The standard InChI is InChI=1S/C24H19ClN8O/c25-19-13-11-18(12-14-19)22(34)26-24(27-23-28-31-32-29-23)33-15-20(16-7-3-1-4-8-16)21(30-33)17-9-5-2-6-10-17/h1-14,20H,15H2,(H2,26,27,28,29,31,32,34). The van der Waals surface area contributed by atoms with Crippen molar-refractivity contribution in [1.82, 2.24) is 30.9 Å². The van der Waals surface area contributed by atoms with Gasteiger partial charge in [0, 0.05) is 16.5 Å². The Morgan fingerprint density at radius 2 is 1.71 bits per heavy atom. The number of benzene rings is 3. The van der Waals surface area contributed by atoms with Gasteiger partial charge in [0.05, 0.1) is 12.3 Å². The van der Waals surface area contributed by atoms with Gasteiger partial charge < -0.3 is 0 Å². The molecule has 0 saturated heterocycles. The maximum absolute atomic E-state index is 13.0. The van der Waals surface area contributed by atoms with Crippen molar-refractivity contribution in [2.75, 3.05) is 6.54 Å². The Hall–Kier alpha value is -4.37. The van der Waals surface area contributed by atoms with Crippen LogP contribution in [0.3, 0.4) is 0 Å². The highest BCUT2D eigenvalue weighted by molar-refractivity contribution is 6.30. The molecule has 0 bridgehead atoms. The summed E-state index contributed by atoms with van der Waals surface area (Å²) in [6.07, 6.45) is 0. The molecule has 4 aromatic rings. The summed E-state index contributed by atoms with van der Waals surface area (Å²) < 4.78 is 0. The molecule has 2 N–H and O–H groups in total. The van der Waals surface area contributed by atoms with Crippen molar-refractivity contribution in [3.8, 4) is 0 Å². The number of aliphatic imine (C=N–C) groups is 1. The van der Waals surface area contributed by atoms with Crippen molar-refractivity contribution in [2.45, 2.75) is 5.92 Å². The number of guanidine groups is 1. The van der Waals surface area contributed by atoms with Gasteiger partial charge in [-0.2, -0.15) is 15.3 Å². The molecule has 1 atom stereocenters. The zero-order valence-corrected chi connectivity index (χ0v) is 18.6. The van der Waals surface area contributed by atoms with E-state index in [1.54, 1.807) is 29.3 Å². The normalized spacial score (nSPS) is 15.8. The van der Waals surface area contributed by atoms with E-state index in [0.717, 1.165) is 16.8 Å². The first-order valence-corrected chi connectivity index (χ1v) is 10.9. The van der Waals surface area contributed by atoms with Gasteiger partial charge in [-0.05, 0) is 40.6 Å². The summed E-state index contributed by atoms with van der Waals surface area (Å²) in [5.74, 6) is -0.135. The van der Waals surface area contributed by atoms with Crippen LogP contribution in [0.2, 0.25) is 5.02 Å². The smallest absolute Gasteiger partial charge is 0.291 e. The third-order valence-corrected chi connectivity index (χ3v) is 5.55. The number of nitrogens with zero attached hydrogens (tertiary/aromatic N) is 6. The number of aromatic amines is 1. The topological polar surface area (TPSA) is 112 Å². The zero-order chi connectivity index (χ0) is 23.3. The minimum Gasteiger partial charge on any atom is -0.291 e. The Balaban J connectivity index is 1.52. The highest BCUT2D eigenvalue weighted by Gasteiger charge is 2.32. The SMILES string of the molecule is O=C(N/C(=N/c1nn[nH]n1)N1CC(c2ccccc2)C(c2ccccc2)=N1)c1ccc(Cl)cc1. The van der Waals surface area contributed by atoms with Crippen LogP contribution in [0.5, 0.6) is 0 Å². The third kappa shape index (κ3) is 4.69. The lowest BCUT2D eigenvalue weighted by Gasteiger charge is -2.18. The molecule has 1 unspecified atom stereocenters. The summed E-state index contributed by atoms with van der Waals surface area (Å²) in [5, 5.41) is 23.6. The fourth-order valence-corrected chi connectivity index (χ4v) is 3.80. The number of H-pyrrole nitrogens is 1. The number of amides is 1. The first kappa shape index (κ1) is 21.5. The molecule has 1 aliphatic heterocycles. The van der Waals surface area contributed by atoms with Crippen LogP contribution in [0.4, 0.5) is 5.95 Å². The van der Waals surface area contributed by atoms with Gasteiger partial charge in [0.1, 0.15) is 0 Å². The lowest BCUT2D eigenvalue weighted by molar-refractivity contribution is 0.0972. The number of rotatable bonds is 4. The molecule has 3 aromatic carbocycles. The number of tetrazole rings is 1. The van der Waals surface area contributed by atoms with Crippen LogP contribution in [0.1, 0.15) is 27.4 Å². The summed E-state index contributed by atoms with van der Waals surface area (Å²) in [6.45, 7) is 0.464. The second-order valence-electron chi connectivity index (χ2n) is 7.50. The van der Waals surface area contributed by atoms with Gasteiger partial charge in [-0.25, -0.2) is 5.01 Å². The molecule has 0 fully saturated rings. The van der Waals surface area contributed by atoms with Gasteiger partial charge in [0.2, 0.25) is 5.96 Å². The van der Waals surface area contributed by atoms with E-state index in [1.807, 2.05) is 48.5 Å². The molecular formula is C24H19ClN8O. The monoisotopic (exact) mass is 470 g/mol. The predicted octanol–water partition coefficient (Wildman–Crippen LogP) is 3.77. The van der Waals surface area contributed by atoms with Crippen LogP contribution < -0.4 is 5.32 Å². The largest absolute Gasteiger partial charge is 0.292 e. The molecule has 34 heavy (non-hydrogen) atoms. The van der Waals surface area contributed by atoms with Crippen LogP contribution >= 0.6 is 11.6 Å². The highest BCUT2D eigenvalue weighted by Crippen LogP contribution is 2.29. The molecule has 1 aliphatic rings. The van der Waals surface area contributed by atoms with Crippen molar-refractivity contribution in [3.63, 3.8) is 0 Å². The number of carbonyl (C=O) groups is 1. The molecule has 5 rings (SSSR count). The maximum atomic E-state index is 13.0. The molecule has 9 nitrogen and oxygen atoms in total. The molecule has 1 aromatic heterocycles. The summed E-state index contributed by atoms with van der Waals surface area (Å²) in [6, 6.07) is 26.6. The van der Waals surface area contributed by atoms with Crippen LogP contribution in [-0.4, -0.2) is 49.8 Å². The minimum atomic E-state index is -0.362. The van der Waals surface area contributed by atoms with Gasteiger partial charge in [-0.15, -0.1) is 5.10 Å². The maximum Gasteiger partial charge on any atom is 0.292 e. The van der Waals surface area contributed by atoms with Crippen LogP contribution in [-0.2, 0) is 0 Å². The molecular weight excluding hydrogens is 452 g/mol. The molecule has 0 aliphatic carbocycles. The van der Waals surface area contributed by atoms with Crippen molar-refractivity contribution < 1.29 is 4.79 Å². The van der Waals surface area contributed by atoms with Gasteiger partial charge in [-0.3, -0.25) is 10.1 Å². The number of hydrogen-bond acceptors (Lipinski definition) is 6. The van der Waals surface area contributed by atoms with Gasteiger partial charge in [-0.1, -0.05) is 77.4 Å². The zero-order valence-electron chi connectivity index (χ0n) is 17.8. The Labute approximate surface area is 200 Å². The van der Waals surface area contributed by atoms with E-state index in [0.29, 0.717) is 17.1 Å². The Kier molecular flexibility index (Phi) is 6.09. The third-order valence-electron chi connectivity index (χ3n) is 5.30. The first-order valence-electron chi connectivity index (χ1n) is 10.5. The molecule has 0 spiro atoms. The number of carbonyl (C=O) groups excluding carboxylic acids is 1. The minimum absolute atomic E-state index is 0.0356. The lowest BCUT2D eigenvalue weighted by atomic mass is 9.91. The van der Waals surface area contributed by atoms with Gasteiger partial charge in [0.15, 0.2) is 0 Å². The van der Waals surface area contributed by atoms with E-state index in [4.69, 9.17) is 16.7 Å². The summed E-state index contributed by atoms with van der Waals surface area (Å²) in [7, 11) is 0. The van der Waals surface area contributed by atoms with Crippen LogP contribution in [0, 0.1) is 0 Å². The summed E-state index contributed by atoms with van der Waals surface area (Å²) >= 11 is 5.96. The number of hydrazone groups is 1. The predicted molar refractivity (Wildman–Crippen MR) is 129 cm³/mol. The first-order chi connectivity index (χ1) is 16.7. The fraction of sp³-hybridized carbons (Fsp3) is 0.0833. The molecule has 168 valence electrons. The van der Waals surface area contributed by atoms with Crippen molar-refractivity contribution in [2.24, 2.45) is 10.1 Å². The molecule has 0 saturated carbocycles. The molecule has 10 heteroatoms. The summed E-state index contributed by atoms with van der Waals surface area (Å²) in [4.78, 5) is 17.4. The average molecular weight is 471 g/mol. The molecule has 1 amide bonds. The Bertz CT molecular complexity index is 1320. The second kappa shape index (κ2) is 9.63. The second-order valence-corrected chi connectivity index (χ2v) is 7.94. The molecule has 0 radical (unpaired) electrons. The summed E-state index contributed by atoms with van der Waals surface area (Å²) in [5.41, 5.74) is 3.39. The van der Waals surface area contributed by atoms with E-state index in [-0.39, 0.29) is 23.7 Å². The van der Waals surface area contributed by atoms with E-state index >= 15 is 0 Å². The van der Waals surface area contributed by atoms with Gasteiger partial charge in [0.25, 0.3) is 11.9 Å². The van der Waals surface area contributed by atoms with E-state index in [1.165, 1.54) is 0 Å². The number of nitrogens with one attached hydrogen (secondary N) is 2. The van der Waals surface area contributed by atoms with E-state index < -0.39 is 0 Å². The van der Waals surface area contributed by atoms with Crippen LogP contribution in [0.15, 0.2) is 95.0 Å². The fourth-order valence-electron chi connectivity index (χ4n) is 3.67. The highest BCUT2D eigenvalue weighted by atomic mass is 35.5.